The van der Waals surface area contributed by atoms with Gasteiger partial charge in [-0.15, -0.1) is 0 Å². The highest BCUT2D eigenvalue weighted by atomic mass is 16.6. The first-order valence-corrected chi connectivity index (χ1v) is 15.0. The highest BCUT2D eigenvalue weighted by Gasteiger charge is 2.13. The molecule has 0 aliphatic heterocycles. The zero-order valence-corrected chi connectivity index (χ0v) is 24.4. The summed E-state index contributed by atoms with van der Waals surface area (Å²) in [5.41, 5.74) is 0.453. The number of benzene rings is 3. The van der Waals surface area contributed by atoms with E-state index in [-0.39, 0.29) is 17.0 Å². The standard InChI is InChI=1S/C34H41NO7/c1-2-3-4-5-6-7-8-9-10-11-12-13-26-40-30-20-16-28(17-21-30)34(37)42-32-24-22-31(23-25-32)41-33(36)27-14-18-29(19-15-27)35(38)39/h14-25H,2-13,26H2,1H3. The first kappa shape index (κ1) is 32.3. The van der Waals surface area contributed by atoms with Gasteiger partial charge >= 0.3 is 11.9 Å². The highest BCUT2D eigenvalue weighted by molar-refractivity contribution is 5.92. The molecule has 0 aliphatic carbocycles. The van der Waals surface area contributed by atoms with Crippen LogP contribution in [-0.2, 0) is 0 Å². The van der Waals surface area contributed by atoms with Crippen molar-refractivity contribution in [3.05, 3.63) is 94.0 Å². The first-order valence-electron chi connectivity index (χ1n) is 15.0. The normalized spacial score (nSPS) is 10.7. The molecule has 0 spiro atoms. The lowest BCUT2D eigenvalue weighted by Crippen LogP contribution is -2.09. The van der Waals surface area contributed by atoms with Gasteiger partial charge in [0.15, 0.2) is 0 Å². The molecule has 0 aliphatic rings. The van der Waals surface area contributed by atoms with Crippen LogP contribution in [0.15, 0.2) is 72.8 Å². The molecule has 0 saturated heterocycles. The first-order chi connectivity index (χ1) is 20.5. The van der Waals surface area contributed by atoms with Gasteiger partial charge in [-0.1, -0.05) is 77.6 Å². The van der Waals surface area contributed by atoms with Crippen molar-refractivity contribution in [3.63, 3.8) is 0 Å². The zero-order chi connectivity index (χ0) is 30.0. The highest BCUT2D eigenvalue weighted by Crippen LogP contribution is 2.21. The third-order valence-corrected chi connectivity index (χ3v) is 6.92. The van der Waals surface area contributed by atoms with Crippen LogP contribution in [0, 0.1) is 10.1 Å². The molecule has 0 atom stereocenters. The number of non-ortho nitro benzene ring substituents is 1. The molecule has 3 aromatic rings. The lowest BCUT2D eigenvalue weighted by atomic mass is 10.1. The molecule has 3 rings (SSSR count). The van der Waals surface area contributed by atoms with Gasteiger partial charge in [-0.3, -0.25) is 10.1 Å². The Balaban J connectivity index is 1.30. The monoisotopic (exact) mass is 575 g/mol. The maximum atomic E-state index is 12.5. The van der Waals surface area contributed by atoms with Crippen LogP contribution in [0.5, 0.6) is 17.2 Å². The van der Waals surface area contributed by atoms with Gasteiger partial charge in [-0.05, 0) is 67.1 Å². The lowest BCUT2D eigenvalue weighted by Gasteiger charge is -2.08. The summed E-state index contributed by atoms with van der Waals surface area (Å²) < 4.78 is 16.5. The van der Waals surface area contributed by atoms with E-state index < -0.39 is 16.9 Å². The van der Waals surface area contributed by atoms with Gasteiger partial charge in [0, 0.05) is 12.1 Å². The molecule has 0 unspecified atom stereocenters. The van der Waals surface area contributed by atoms with E-state index in [0.717, 1.165) is 12.8 Å². The Morgan fingerprint density at radius 1 is 0.571 bits per heavy atom. The number of hydrogen-bond acceptors (Lipinski definition) is 7. The molecule has 0 aromatic heterocycles. The number of nitrogens with zero attached hydrogens (tertiary/aromatic N) is 1. The molecular weight excluding hydrogens is 534 g/mol. The van der Waals surface area contributed by atoms with Crippen molar-refractivity contribution in [1.82, 2.24) is 0 Å². The molecule has 0 amide bonds. The van der Waals surface area contributed by atoms with Crippen LogP contribution in [0.2, 0.25) is 0 Å². The van der Waals surface area contributed by atoms with E-state index >= 15 is 0 Å². The SMILES string of the molecule is CCCCCCCCCCCCCCOc1ccc(C(=O)Oc2ccc(OC(=O)c3ccc([N+](=O)[O-])cc3)cc2)cc1. The number of nitro groups is 1. The second-order valence-corrected chi connectivity index (χ2v) is 10.3. The Labute approximate surface area is 248 Å². The van der Waals surface area contributed by atoms with Gasteiger partial charge in [0.1, 0.15) is 17.2 Å². The molecule has 0 fully saturated rings. The number of carbonyl (C=O) groups is 2. The van der Waals surface area contributed by atoms with E-state index in [4.69, 9.17) is 14.2 Å². The van der Waals surface area contributed by atoms with Crippen molar-refractivity contribution in [2.75, 3.05) is 6.61 Å². The van der Waals surface area contributed by atoms with E-state index in [0.29, 0.717) is 23.7 Å². The van der Waals surface area contributed by atoms with E-state index in [1.54, 1.807) is 24.3 Å². The quantitative estimate of drug-likeness (QED) is 0.0461. The number of esters is 2. The molecule has 0 radical (unpaired) electrons. The summed E-state index contributed by atoms with van der Waals surface area (Å²) in [6.07, 6.45) is 15.6. The van der Waals surface area contributed by atoms with E-state index in [1.165, 1.54) is 113 Å². The number of ether oxygens (including phenoxy) is 3. The fourth-order valence-corrected chi connectivity index (χ4v) is 4.45. The maximum absolute atomic E-state index is 12.5. The summed E-state index contributed by atoms with van der Waals surface area (Å²) in [6, 6.07) is 18.0. The summed E-state index contributed by atoms with van der Waals surface area (Å²) in [4.78, 5) is 35.0. The minimum Gasteiger partial charge on any atom is -0.494 e. The van der Waals surface area contributed by atoms with Gasteiger partial charge in [0.2, 0.25) is 0 Å². The molecule has 3 aromatic carbocycles. The van der Waals surface area contributed by atoms with Crippen molar-refractivity contribution >= 4 is 17.6 Å². The molecule has 0 bridgehead atoms. The van der Waals surface area contributed by atoms with E-state index in [1.807, 2.05) is 0 Å². The van der Waals surface area contributed by atoms with Gasteiger partial charge in [-0.2, -0.15) is 0 Å². The van der Waals surface area contributed by atoms with Crippen molar-refractivity contribution in [3.8, 4) is 17.2 Å². The lowest BCUT2D eigenvalue weighted by molar-refractivity contribution is -0.384. The van der Waals surface area contributed by atoms with Crippen LogP contribution in [0.25, 0.3) is 0 Å². The van der Waals surface area contributed by atoms with Crippen molar-refractivity contribution in [2.45, 2.75) is 84.0 Å². The molecule has 0 N–H and O–H groups in total. The summed E-state index contributed by atoms with van der Waals surface area (Å²) in [5.74, 6) is 0.0814. The molecule has 8 nitrogen and oxygen atoms in total. The fraction of sp³-hybridized carbons (Fsp3) is 0.412. The predicted molar refractivity (Wildman–Crippen MR) is 162 cm³/mol. The number of unbranched alkanes of at least 4 members (excludes halogenated alkanes) is 11. The van der Waals surface area contributed by atoms with Gasteiger partial charge < -0.3 is 14.2 Å². The molecule has 42 heavy (non-hydrogen) atoms. The van der Waals surface area contributed by atoms with Crippen LogP contribution < -0.4 is 14.2 Å². The minimum atomic E-state index is -0.657. The summed E-state index contributed by atoms with van der Waals surface area (Å²) in [6.45, 7) is 2.91. The second-order valence-electron chi connectivity index (χ2n) is 10.3. The predicted octanol–water partition coefficient (Wildman–Crippen LogP) is 9.11. The second kappa shape index (κ2) is 18.3. The number of nitro benzene ring substituents is 1. The van der Waals surface area contributed by atoms with Crippen LogP contribution in [0.1, 0.15) is 105 Å². The Kier molecular flexibility index (Phi) is 14.1. The van der Waals surface area contributed by atoms with Crippen LogP contribution in [0.3, 0.4) is 0 Å². The van der Waals surface area contributed by atoms with Crippen LogP contribution in [-0.4, -0.2) is 23.5 Å². The minimum absolute atomic E-state index is 0.116. The largest absolute Gasteiger partial charge is 0.494 e. The van der Waals surface area contributed by atoms with Gasteiger partial charge in [-0.25, -0.2) is 9.59 Å². The molecule has 224 valence electrons. The van der Waals surface area contributed by atoms with Crippen molar-refractivity contribution in [1.29, 1.82) is 0 Å². The Morgan fingerprint density at radius 3 is 1.38 bits per heavy atom. The smallest absolute Gasteiger partial charge is 0.343 e. The Bertz CT molecular complexity index is 1240. The summed E-state index contributed by atoms with van der Waals surface area (Å²) in [5, 5.41) is 10.8. The number of carbonyl (C=O) groups excluding carboxylic acids is 2. The van der Waals surface area contributed by atoms with Crippen molar-refractivity contribution < 1.29 is 28.7 Å². The van der Waals surface area contributed by atoms with Crippen LogP contribution >= 0.6 is 0 Å². The molecule has 0 saturated carbocycles. The number of rotatable bonds is 19. The van der Waals surface area contributed by atoms with Crippen LogP contribution in [0.4, 0.5) is 5.69 Å². The Hall–Kier alpha value is -4.20. The molecular formula is C34H41NO7. The maximum Gasteiger partial charge on any atom is 0.343 e. The molecule has 0 heterocycles. The third kappa shape index (κ3) is 11.7. The molecule has 8 heteroatoms. The average molecular weight is 576 g/mol. The Morgan fingerprint density at radius 2 is 0.952 bits per heavy atom. The van der Waals surface area contributed by atoms with Gasteiger partial charge in [0.05, 0.1) is 22.7 Å². The average Bonchev–Trinajstić information content (AvgIpc) is 3.00. The van der Waals surface area contributed by atoms with Gasteiger partial charge in [0.25, 0.3) is 5.69 Å². The third-order valence-electron chi connectivity index (χ3n) is 6.92. The topological polar surface area (TPSA) is 105 Å². The van der Waals surface area contributed by atoms with Crippen molar-refractivity contribution in [2.24, 2.45) is 0 Å². The summed E-state index contributed by atoms with van der Waals surface area (Å²) in [7, 11) is 0. The van der Waals surface area contributed by atoms with E-state index in [2.05, 4.69) is 6.92 Å². The fourth-order valence-electron chi connectivity index (χ4n) is 4.45. The number of hydrogen-bond donors (Lipinski definition) is 0. The summed E-state index contributed by atoms with van der Waals surface area (Å²) >= 11 is 0. The zero-order valence-electron chi connectivity index (χ0n) is 24.4. The van der Waals surface area contributed by atoms with E-state index in [9.17, 15) is 19.7 Å².